The molecule has 2 aromatic rings. The standard InChI is InChI=1S/C17H21FN4O4S2/c1-5-22(3)14(23)9-19-16(24)21-17-20-10(2)15(27-17)11-6-7-13(12(18)8-11)28(4,25)26/h6-8H,5,9H2,1-4H3,(H2,19,20,21,24). The lowest BCUT2D eigenvalue weighted by Gasteiger charge is -2.14. The highest BCUT2D eigenvalue weighted by atomic mass is 32.2. The van der Waals surface area contributed by atoms with Crippen molar-refractivity contribution in [2.75, 3.05) is 31.7 Å². The summed E-state index contributed by atoms with van der Waals surface area (Å²) in [6.45, 7) is 3.90. The Kier molecular flexibility index (Phi) is 6.73. The number of halogens is 1. The summed E-state index contributed by atoms with van der Waals surface area (Å²) in [5, 5.41) is 5.25. The van der Waals surface area contributed by atoms with Crippen molar-refractivity contribution in [3.63, 3.8) is 0 Å². The summed E-state index contributed by atoms with van der Waals surface area (Å²) >= 11 is 1.11. The fraction of sp³-hybridized carbons (Fsp3) is 0.353. The van der Waals surface area contributed by atoms with E-state index in [9.17, 15) is 22.4 Å². The second-order valence-electron chi connectivity index (χ2n) is 6.07. The number of hydrogen-bond donors (Lipinski definition) is 2. The van der Waals surface area contributed by atoms with Gasteiger partial charge in [0.05, 0.1) is 17.1 Å². The molecule has 3 amide bonds. The van der Waals surface area contributed by atoms with E-state index in [-0.39, 0.29) is 22.5 Å². The zero-order valence-electron chi connectivity index (χ0n) is 15.9. The van der Waals surface area contributed by atoms with Crippen LogP contribution < -0.4 is 10.6 Å². The topological polar surface area (TPSA) is 108 Å². The van der Waals surface area contributed by atoms with E-state index < -0.39 is 21.7 Å². The van der Waals surface area contributed by atoms with Crippen LogP contribution in [-0.2, 0) is 14.6 Å². The molecule has 152 valence electrons. The van der Waals surface area contributed by atoms with Crippen molar-refractivity contribution in [2.45, 2.75) is 18.7 Å². The zero-order chi connectivity index (χ0) is 21.1. The molecule has 0 radical (unpaired) electrons. The summed E-state index contributed by atoms with van der Waals surface area (Å²) < 4.78 is 37.2. The van der Waals surface area contributed by atoms with Gasteiger partial charge in [-0.2, -0.15) is 0 Å². The van der Waals surface area contributed by atoms with Gasteiger partial charge in [-0.15, -0.1) is 0 Å². The summed E-state index contributed by atoms with van der Waals surface area (Å²) in [6.07, 6.45) is 0.937. The fourth-order valence-corrected chi connectivity index (χ4v) is 3.96. The molecule has 0 fully saturated rings. The molecule has 0 spiro atoms. The normalized spacial score (nSPS) is 11.2. The van der Waals surface area contributed by atoms with E-state index in [1.165, 1.54) is 17.0 Å². The summed E-state index contributed by atoms with van der Waals surface area (Å²) in [7, 11) is -2.03. The number of sulfone groups is 1. The maximum atomic E-state index is 14.1. The van der Waals surface area contributed by atoms with E-state index in [1.54, 1.807) is 14.0 Å². The number of carbonyl (C=O) groups excluding carboxylic acids is 2. The molecule has 0 bridgehead atoms. The molecule has 2 rings (SSSR count). The number of hydrogen-bond acceptors (Lipinski definition) is 6. The predicted octanol–water partition coefficient (Wildman–Crippen LogP) is 2.26. The Labute approximate surface area is 166 Å². The largest absolute Gasteiger partial charge is 0.345 e. The van der Waals surface area contributed by atoms with Crippen LogP contribution in [-0.4, -0.2) is 56.6 Å². The molecule has 1 heterocycles. The van der Waals surface area contributed by atoms with Crippen molar-refractivity contribution in [1.82, 2.24) is 15.2 Å². The molecule has 0 unspecified atom stereocenters. The number of aromatic nitrogens is 1. The lowest BCUT2D eigenvalue weighted by Crippen LogP contribution is -2.39. The van der Waals surface area contributed by atoms with Crippen molar-refractivity contribution < 1.29 is 22.4 Å². The van der Waals surface area contributed by atoms with Crippen LogP contribution in [0.1, 0.15) is 12.6 Å². The van der Waals surface area contributed by atoms with Crippen molar-refractivity contribution >= 4 is 38.2 Å². The number of rotatable bonds is 6. The molecule has 11 heteroatoms. The van der Waals surface area contributed by atoms with Crippen LogP contribution in [0.4, 0.5) is 14.3 Å². The van der Waals surface area contributed by atoms with Crippen molar-refractivity contribution in [2.24, 2.45) is 0 Å². The van der Waals surface area contributed by atoms with E-state index in [2.05, 4.69) is 15.6 Å². The minimum absolute atomic E-state index is 0.147. The predicted molar refractivity (Wildman–Crippen MR) is 106 cm³/mol. The van der Waals surface area contributed by atoms with Gasteiger partial charge in [0.25, 0.3) is 0 Å². The SMILES string of the molecule is CCN(C)C(=O)CNC(=O)Nc1nc(C)c(-c2ccc(S(C)(=O)=O)c(F)c2)s1. The van der Waals surface area contributed by atoms with Crippen LogP contribution in [0.5, 0.6) is 0 Å². The number of thiazole rings is 1. The first-order chi connectivity index (χ1) is 13.0. The highest BCUT2D eigenvalue weighted by Crippen LogP contribution is 2.34. The van der Waals surface area contributed by atoms with Gasteiger partial charge in [0.15, 0.2) is 15.0 Å². The fourth-order valence-electron chi connectivity index (χ4n) is 2.27. The zero-order valence-corrected chi connectivity index (χ0v) is 17.5. The molecule has 2 N–H and O–H groups in total. The number of nitrogens with zero attached hydrogens (tertiary/aromatic N) is 2. The second-order valence-corrected chi connectivity index (χ2v) is 9.05. The molecule has 28 heavy (non-hydrogen) atoms. The van der Waals surface area contributed by atoms with Crippen LogP contribution in [0.3, 0.4) is 0 Å². The minimum atomic E-state index is -3.66. The molecule has 1 aromatic heterocycles. The number of likely N-dealkylation sites (N-methyl/N-ethyl adjacent to an activating group) is 1. The van der Waals surface area contributed by atoms with Gasteiger partial charge in [0.1, 0.15) is 10.7 Å². The first kappa shape index (κ1) is 21.8. The molecule has 0 saturated heterocycles. The van der Waals surface area contributed by atoms with Gasteiger partial charge in [0.2, 0.25) is 5.91 Å². The Morgan fingerprint density at radius 2 is 2.00 bits per heavy atom. The highest BCUT2D eigenvalue weighted by Gasteiger charge is 2.17. The lowest BCUT2D eigenvalue weighted by atomic mass is 10.1. The van der Waals surface area contributed by atoms with E-state index in [0.717, 1.165) is 23.7 Å². The number of carbonyl (C=O) groups is 2. The molecule has 8 nitrogen and oxygen atoms in total. The Bertz CT molecular complexity index is 1000. The van der Waals surface area contributed by atoms with Gasteiger partial charge in [-0.25, -0.2) is 22.6 Å². The van der Waals surface area contributed by atoms with Crippen molar-refractivity contribution in [3.05, 3.63) is 29.7 Å². The van der Waals surface area contributed by atoms with Gasteiger partial charge >= 0.3 is 6.03 Å². The maximum absolute atomic E-state index is 14.1. The molecular weight excluding hydrogens is 407 g/mol. The van der Waals surface area contributed by atoms with Crippen LogP contribution in [0.15, 0.2) is 23.1 Å². The molecule has 0 aliphatic carbocycles. The number of benzene rings is 1. The van der Waals surface area contributed by atoms with E-state index in [0.29, 0.717) is 22.7 Å². The third kappa shape index (κ3) is 5.26. The van der Waals surface area contributed by atoms with Crippen LogP contribution in [0.2, 0.25) is 0 Å². The molecule has 0 saturated carbocycles. The average Bonchev–Trinajstić information content (AvgIpc) is 2.97. The summed E-state index contributed by atoms with van der Waals surface area (Å²) in [5.74, 6) is -1.08. The molecule has 0 atom stereocenters. The second kappa shape index (κ2) is 8.65. The Balaban J connectivity index is 2.12. The summed E-state index contributed by atoms with van der Waals surface area (Å²) in [4.78, 5) is 29.5. The van der Waals surface area contributed by atoms with Crippen LogP contribution in [0.25, 0.3) is 10.4 Å². The smallest absolute Gasteiger partial charge is 0.321 e. The Hall–Kier alpha value is -2.53. The maximum Gasteiger partial charge on any atom is 0.321 e. The first-order valence-corrected chi connectivity index (χ1v) is 11.0. The third-order valence-electron chi connectivity index (χ3n) is 3.91. The van der Waals surface area contributed by atoms with Gasteiger partial charge in [-0.3, -0.25) is 10.1 Å². The third-order valence-corrected chi connectivity index (χ3v) is 6.16. The Morgan fingerprint density at radius 3 is 2.57 bits per heavy atom. The van der Waals surface area contributed by atoms with E-state index >= 15 is 0 Å². The van der Waals surface area contributed by atoms with Crippen LogP contribution in [0, 0.1) is 12.7 Å². The average molecular weight is 429 g/mol. The first-order valence-electron chi connectivity index (χ1n) is 8.29. The number of anilines is 1. The van der Waals surface area contributed by atoms with Gasteiger partial charge < -0.3 is 10.2 Å². The molecule has 1 aromatic carbocycles. The van der Waals surface area contributed by atoms with Crippen molar-refractivity contribution in [1.29, 1.82) is 0 Å². The summed E-state index contributed by atoms with van der Waals surface area (Å²) in [5.41, 5.74) is 1.00. The number of nitrogens with one attached hydrogen (secondary N) is 2. The number of urea groups is 1. The van der Waals surface area contributed by atoms with Gasteiger partial charge in [0, 0.05) is 19.8 Å². The van der Waals surface area contributed by atoms with E-state index in [4.69, 9.17) is 0 Å². The molecular formula is C17H21FN4O4S2. The van der Waals surface area contributed by atoms with Gasteiger partial charge in [-0.1, -0.05) is 17.4 Å². The quantitative estimate of drug-likeness (QED) is 0.734. The number of amides is 3. The van der Waals surface area contributed by atoms with E-state index in [1.807, 2.05) is 6.92 Å². The lowest BCUT2D eigenvalue weighted by molar-refractivity contribution is -0.128. The minimum Gasteiger partial charge on any atom is -0.345 e. The molecule has 0 aliphatic heterocycles. The van der Waals surface area contributed by atoms with Crippen LogP contribution >= 0.6 is 11.3 Å². The van der Waals surface area contributed by atoms with Crippen molar-refractivity contribution in [3.8, 4) is 10.4 Å². The molecule has 0 aliphatic rings. The highest BCUT2D eigenvalue weighted by molar-refractivity contribution is 7.90. The van der Waals surface area contributed by atoms with Gasteiger partial charge in [-0.05, 0) is 31.5 Å². The number of aryl methyl sites for hydroxylation is 1. The Morgan fingerprint density at radius 1 is 1.32 bits per heavy atom. The summed E-state index contributed by atoms with van der Waals surface area (Å²) in [6, 6.07) is 3.23. The monoisotopic (exact) mass is 428 g/mol.